The maximum Gasteiger partial charge on any atom is 0.156 e. The van der Waals surface area contributed by atoms with Gasteiger partial charge in [0, 0.05) is 39.1 Å². The minimum absolute atomic E-state index is 0.00230. The van der Waals surface area contributed by atoms with Crippen LogP contribution in [0.5, 0.6) is 0 Å². The van der Waals surface area contributed by atoms with Crippen LogP contribution in [0, 0.1) is 5.92 Å². The third-order valence-electron chi connectivity index (χ3n) is 12.3. The third kappa shape index (κ3) is 5.37. The van der Waals surface area contributed by atoms with Crippen molar-refractivity contribution in [1.82, 2.24) is 4.57 Å². The minimum atomic E-state index is -0.186. The van der Waals surface area contributed by atoms with Gasteiger partial charge in [-0.05, 0) is 74.1 Å². The van der Waals surface area contributed by atoms with Crippen LogP contribution >= 0.6 is 0 Å². The van der Waals surface area contributed by atoms with Gasteiger partial charge in [0.2, 0.25) is 0 Å². The maximum absolute atomic E-state index is 6.76. The molecule has 2 aromatic heterocycles. The van der Waals surface area contributed by atoms with Gasteiger partial charge in [0.05, 0.1) is 28.5 Å². The van der Waals surface area contributed by atoms with E-state index in [1.165, 1.54) is 49.0 Å². The number of nitrogens with zero attached hydrogens (tertiary/aromatic N) is 3. The summed E-state index contributed by atoms with van der Waals surface area (Å²) in [6.07, 6.45) is 0. The van der Waals surface area contributed by atoms with Crippen molar-refractivity contribution >= 4 is 76.8 Å². The Morgan fingerprint density at radius 3 is 1.95 bits per heavy atom. The van der Waals surface area contributed by atoms with Gasteiger partial charge in [-0.25, -0.2) is 4.99 Å². The smallest absolute Gasteiger partial charge is 0.156 e. The molecule has 11 aromatic rings. The molecule has 4 nitrogen and oxygen atoms in total. The fourth-order valence-electron chi connectivity index (χ4n) is 9.49. The molecule has 278 valence electrons. The first-order valence-electron chi connectivity index (χ1n) is 20.3. The van der Waals surface area contributed by atoms with Crippen LogP contribution in [0.4, 0.5) is 0 Å². The number of benzene rings is 9. The van der Waals surface area contributed by atoms with Gasteiger partial charge in [0.1, 0.15) is 11.2 Å². The Balaban J connectivity index is 1.14. The Bertz CT molecular complexity index is 3510. The van der Waals surface area contributed by atoms with Gasteiger partial charge in [-0.15, -0.1) is 0 Å². The van der Waals surface area contributed by atoms with Gasteiger partial charge >= 0.3 is 0 Å². The summed E-state index contributed by atoms with van der Waals surface area (Å²) in [5.41, 5.74) is 11.5. The zero-order chi connectivity index (χ0) is 39.0. The molecular weight excluding hydrogens is 719 g/mol. The molecular formula is C55H37N3O. The second-order valence-electron chi connectivity index (χ2n) is 15.7. The fraction of sp³-hybridized carbons (Fsp3) is 0.0545. The molecule has 1 aliphatic rings. The number of aromatic nitrogens is 1. The van der Waals surface area contributed by atoms with E-state index in [9.17, 15) is 0 Å². The summed E-state index contributed by atoms with van der Waals surface area (Å²) < 4.78 is 9.14. The minimum Gasteiger partial charge on any atom is -0.456 e. The van der Waals surface area contributed by atoms with E-state index in [4.69, 9.17) is 14.4 Å². The summed E-state index contributed by atoms with van der Waals surface area (Å²) >= 11 is 0. The lowest BCUT2D eigenvalue weighted by Gasteiger charge is -2.29. The number of fused-ring (bicyclic) bond motifs is 8. The lowest BCUT2D eigenvalue weighted by Crippen LogP contribution is -2.26. The van der Waals surface area contributed by atoms with E-state index in [2.05, 4.69) is 200 Å². The molecule has 0 amide bonds. The normalized spacial score (nSPS) is 15.7. The highest BCUT2D eigenvalue weighted by molar-refractivity contribution is 6.23. The number of hydrogen-bond donors (Lipinski definition) is 0. The molecule has 59 heavy (non-hydrogen) atoms. The number of rotatable bonds is 5. The second-order valence-corrected chi connectivity index (χ2v) is 15.7. The summed E-state index contributed by atoms with van der Waals surface area (Å²) in [6.45, 7) is 2.28. The number of amidine groups is 1. The Morgan fingerprint density at radius 1 is 0.475 bits per heavy atom. The van der Waals surface area contributed by atoms with Crippen LogP contribution in [0.1, 0.15) is 29.7 Å². The lowest BCUT2D eigenvalue weighted by atomic mass is 9.84. The number of para-hydroxylation sites is 2. The molecule has 0 aliphatic carbocycles. The SMILES string of the molecule is CC1C(c2ccc(-c3ccccc3)cc2)=NC(c2cc(-n3c4ccccc4c4cc5ccccc5cc43)cc3oc4ccccc4c23)=NC1c1cccc2ccccc12. The van der Waals surface area contributed by atoms with E-state index >= 15 is 0 Å². The van der Waals surface area contributed by atoms with E-state index in [1.807, 2.05) is 6.07 Å². The van der Waals surface area contributed by atoms with Crippen LogP contribution in [0.15, 0.2) is 209 Å². The summed E-state index contributed by atoms with van der Waals surface area (Å²) in [6, 6.07) is 69.2. The van der Waals surface area contributed by atoms with Crippen molar-refractivity contribution < 1.29 is 4.42 Å². The van der Waals surface area contributed by atoms with E-state index in [0.717, 1.165) is 55.5 Å². The highest BCUT2D eigenvalue weighted by Crippen LogP contribution is 2.42. The zero-order valence-electron chi connectivity index (χ0n) is 32.4. The zero-order valence-corrected chi connectivity index (χ0v) is 32.4. The molecule has 4 heteroatoms. The Hall–Kier alpha value is -7.56. The number of furan rings is 1. The molecule has 0 bridgehead atoms. The molecule has 0 saturated carbocycles. The van der Waals surface area contributed by atoms with Crippen molar-refractivity contribution in [3.8, 4) is 16.8 Å². The van der Waals surface area contributed by atoms with Crippen LogP contribution in [-0.2, 0) is 0 Å². The van der Waals surface area contributed by atoms with Crippen LogP contribution < -0.4 is 0 Å². The number of aliphatic imine (C=N–C) groups is 2. The summed E-state index contributed by atoms with van der Waals surface area (Å²) in [5, 5.41) is 9.32. The highest BCUT2D eigenvalue weighted by atomic mass is 16.3. The summed E-state index contributed by atoms with van der Waals surface area (Å²) in [7, 11) is 0. The molecule has 0 saturated heterocycles. The molecule has 9 aromatic carbocycles. The fourth-order valence-corrected chi connectivity index (χ4v) is 9.49. The molecule has 2 atom stereocenters. The van der Waals surface area contributed by atoms with Gasteiger partial charge < -0.3 is 8.98 Å². The van der Waals surface area contributed by atoms with Gasteiger partial charge in [0.15, 0.2) is 5.84 Å². The standard InChI is InChI=1S/C55H37N3O/c1-34-53(38-28-26-36(27-29-38)35-14-3-2-4-15-35)56-55(57-54(34)44-23-13-19-37-16-7-8-20-42(37)44)47-32-41(33-51-52(47)45-22-10-12-25-50(45)59-51)58-48-24-11-9-21-43(48)46-30-39-17-5-6-18-40(39)31-49(46)58/h2-34,54H,1H3. The van der Waals surface area contributed by atoms with E-state index in [-0.39, 0.29) is 12.0 Å². The highest BCUT2D eigenvalue weighted by Gasteiger charge is 2.32. The molecule has 1 aliphatic heterocycles. The lowest BCUT2D eigenvalue weighted by molar-refractivity contribution is 0.596. The first-order chi connectivity index (χ1) is 29.2. The van der Waals surface area contributed by atoms with Gasteiger partial charge in [-0.1, -0.05) is 165 Å². The Morgan fingerprint density at radius 2 is 1.12 bits per heavy atom. The van der Waals surface area contributed by atoms with Gasteiger partial charge in [-0.2, -0.15) is 0 Å². The van der Waals surface area contributed by atoms with Gasteiger partial charge in [0.25, 0.3) is 0 Å². The third-order valence-corrected chi connectivity index (χ3v) is 12.3. The van der Waals surface area contributed by atoms with Crippen molar-refractivity contribution in [2.24, 2.45) is 15.9 Å². The monoisotopic (exact) mass is 755 g/mol. The van der Waals surface area contributed by atoms with Gasteiger partial charge in [-0.3, -0.25) is 4.99 Å². The second kappa shape index (κ2) is 13.3. The van der Waals surface area contributed by atoms with E-state index in [0.29, 0.717) is 5.84 Å². The molecule has 0 spiro atoms. The molecule has 0 fully saturated rings. The number of hydrogen-bond acceptors (Lipinski definition) is 3. The molecule has 0 N–H and O–H groups in total. The Labute approximate surface area is 341 Å². The molecule has 2 unspecified atom stereocenters. The van der Waals surface area contributed by atoms with E-state index < -0.39 is 0 Å². The van der Waals surface area contributed by atoms with Crippen LogP contribution in [0.3, 0.4) is 0 Å². The average molecular weight is 756 g/mol. The first-order valence-corrected chi connectivity index (χ1v) is 20.3. The van der Waals surface area contributed by atoms with Crippen molar-refractivity contribution in [2.75, 3.05) is 0 Å². The molecule has 12 rings (SSSR count). The Kier molecular flexibility index (Phi) is 7.54. The van der Waals surface area contributed by atoms with Crippen LogP contribution in [0.25, 0.3) is 82.1 Å². The van der Waals surface area contributed by atoms with Crippen LogP contribution in [0.2, 0.25) is 0 Å². The van der Waals surface area contributed by atoms with Crippen molar-refractivity contribution in [3.05, 3.63) is 211 Å². The van der Waals surface area contributed by atoms with E-state index in [1.54, 1.807) is 0 Å². The van der Waals surface area contributed by atoms with Crippen LogP contribution in [-0.4, -0.2) is 16.1 Å². The predicted molar refractivity (Wildman–Crippen MR) is 246 cm³/mol. The average Bonchev–Trinajstić information content (AvgIpc) is 3.83. The molecule has 3 heterocycles. The van der Waals surface area contributed by atoms with Crippen molar-refractivity contribution in [3.63, 3.8) is 0 Å². The van der Waals surface area contributed by atoms with Crippen molar-refractivity contribution in [2.45, 2.75) is 13.0 Å². The largest absolute Gasteiger partial charge is 0.456 e. The van der Waals surface area contributed by atoms with Crippen molar-refractivity contribution in [1.29, 1.82) is 0 Å². The summed E-state index contributed by atoms with van der Waals surface area (Å²) in [4.78, 5) is 11.3. The topological polar surface area (TPSA) is 42.8 Å². The maximum atomic E-state index is 6.76. The predicted octanol–water partition coefficient (Wildman–Crippen LogP) is 14.3. The first kappa shape index (κ1) is 33.6. The molecule has 0 radical (unpaired) electrons. The summed E-state index contributed by atoms with van der Waals surface area (Å²) in [5.74, 6) is 0.699. The quantitative estimate of drug-likeness (QED) is 0.172.